The molecule has 2 rings (SSSR count). The average molecular weight is 307 g/mol. The molecule has 0 saturated heterocycles. The molecule has 1 nitrogen and oxygen atoms in total. The third kappa shape index (κ3) is 2.12. The summed E-state index contributed by atoms with van der Waals surface area (Å²) in [5, 5.41) is 0. The molecule has 1 saturated carbocycles. The number of alkyl halides is 3. The molecular weight excluding hydrogens is 297 g/mol. The Morgan fingerprint density at radius 1 is 1.35 bits per heavy atom. The van der Waals surface area contributed by atoms with Gasteiger partial charge in [-0.05, 0) is 43.5 Å². The van der Waals surface area contributed by atoms with Gasteiger partial charge in [0.25, 0.3) is 0 Å². The maximum Gasteiger partial charge on any atom is 0.416 e. The van der Waals surface area contributed by atoms with Crippen LogP contribution in [0.2, 0.25) is 0 Å². The van der Waals surface area contributed by atoms with Crippen molar-refractivity contribution < 1.29 is 18.0 Å². The molecule has 1 fully saturated rings. The number of hydrogen-bond acceptors (Lipinski definition) is 1. The highest BCUT2D eigenvalue weighted by Crippen LogP contribution is 2.52. The second-order valence-electron chi connectivity index (χ2n) is 4.33. The molecule has 0 spiro atoms. The van der Waals surface area contributed by atoms with Gasteiger partial charge in [0, 0.05) is 4.47 Å². The van der Waals surface area contributed by atoms with Crippen molar-refractivity contribution in [1.29, 1.82) is 0 Å². The first-order chi connectivity index (χ1) is 7.77. The number of rotatable bonds is 2. The minimum absolute atomic E-state index is 0.0717. The molecule has 1 aromatic rings. The number of carbonyl (C=O) groups is 1. The summed E-state index contributed by atoms with van der Waals surface area (Å²) in [6.07, 6.45) is -3.12. The molecule has 1 aliphatic carbocycles. The summed E-state index contributed by atoms with van der Waals surface area (Å²) >= 11 is 3.22. The summed E-state index contributed by atoms with van der Waals surface area (Å²) in [5.74, 6) is -0.0717. The Bertz CT molecular complexity index is 475. The minimum Gasteiger partial charge on any atom is -0.299 e. The monoisotopic (exact) mass is 306 g/mol. The fourth-order valence-electron chi connectivity index (χ4n) is 2.00. The van der Waals surface area contributed by atoms with Crippen molar-refractivity contribution in [2.75, 3.05) is 0 Å². The van der Waals surface area contributed by atoms with Crippen LogP contribution in [0.25, 0.3) is 0 Å². The fourth-order valence-corrected chi connectivity index (χ4v) is 2.63. The van der Waals surface area contributed by atoms with Crippen LogP contribution in [0.5, 0.6) is 0 Å². The van der Waals surface area contributed by atoms with Gasteiger partial charge in [0.1, 0.15) is 5.78 Å². The molecular formula is C12H10BrF3O. The molecule has 0 amide bonds. The Morgan fingerprint density at radius 2 is 1.94 bits per heavy atom. The summed E-state index contributed by atoms with van der Waals surface area (Å²) in [7, 11) is 0. The van der Waals surface area contributed by atoms with Crippen LogP contribution in [0.3, 0.4) is 0 Å². The molecule has 1 aliphatic rings. The van der Waals surface area contributed by atoms with Gasteiger partial charge in [-0.3, -0.25) is 4.79 Å². The van der Waals surface area contributed by atoms with Crippen LogP contribution in [-0.2, 0) is 16.4 Å². The Balaban J connectivity index is 2.51. The van der Waals surface area contributed by atoms with Gasteiger partial charge in [-0.2, -0.15) is 13.2 Å². The van der Waals surface area contributed by atoms with Crippen LogP contribution in [-0.4, -0.2) is 5.78 Å². The van der Waals surface area contributed by atoms with Crippen LogP contribution in [0.1, 0.15) is 30.9 Å². The SMILES string of the molecule is CC(=O)C1(c2cc(C(F)(F)F)ccc2Br)CC1. The van der Waals surface area contributed by atoms with E-state index in [0.717, 1.165) is 12.1 Å². The van der Waals surface area contributed by atoms with Gasteiger partial charge in [0.15, 0.2) is 0 Å². The summed E-state index contributed by atoms with van der Waals surface area (Å²) in [6, 6.07) is 3.46. The standard InChI is InChI=1S/C12H10BrF3O/c1-7(17)11(4-5-11)9-6-8(12(14,15)16)2-3-10(9)13/h2-3,6H,4-5H2,1H3. The molecule has 0 N–H and O–H groups in total. The fraction of sp³-hybridized carbons (Fsp3) is 0.417. The Hall–Kier alpha value is -0.840. The van der Waals surface area contributed by atoms with Gasteiger partial charge in [-0.25, -0.2) is 0 Å². The quantitative estimate of drug-likeness (QED) is 0.804. The average Bonchev–Trinajstić information content (AvgIpc) is 2.97. The number of benzene rings is 1. The zero-order valence-corrected chi connectivity index (χ0v) is 10.7. The van der Waals surface area contributed by atoms with Gasteiger partial charge < -0.3 is 0 Å². The molecule has 0 heterocycles. The Kier molecular flexibility index (Phi) is 2.84. The van der Waals surface area contributed by atoms with E-state index in [4.69, 9.17) is 0 Å². The summed E-state index contributed by atoms with van der Waals surface area (Å²) in [6.45, 7) is 1.43. The van der Waals surface area contributed by atoms with E-state index in [1.165, 1.54) is 13.0 Å². The zero-order chi connectivity index (χ0) is 12.8. The van der Waals surface area contributed by atoms with Gasteiger partial charge in [0.05, 0.1) is 11.0 Å². The van der Waals surface area contributed by atoms with Crippen molar-refractivity contribution in [1.82, 2.24) is 0 Å². The van der Waals surface area contributed by atoms with Crippen molar-refractivity contribution in [3.8, 4) is 0 Å². The lowest BCUT2D eigenvalue weighted by molar-refractivity contribution is -0.137. The van der Waals surface area contributed by atoms with E-state index in [-0.39, 0.29) is 5.78 Å². The zero-order valence-electron chi connectivity index (χ0n) is 9.07. The van der Waals surface area contributed by atoms with Crippen LogP contribution in [0, 0.1) is 0 Å². The third-order valence-corrected chi connectivity index (χ3v) is 3.92. The minimum atomic E-state index is -4.37. The first-order valence-corrected chi connectivity index (χ1v) is 5.95. The highest BCUT2D eigenvalue weighted by molar-refractivity contribution is 9.10. The number of carbonyl (C=O) groups excluding carboxylic acids is 1. The summed E-state index contributed by atoms with van der Waals surface area (Å²) < 4.78 is 38.4. The van der Waals surface area contributed by atoms with Crippen molar-refractivity contribution in [3.05, 3.63) is 33.8 Å². The van der Waals surface area contributed by atoms with E-state index < -0.39 is 17.2 Å². The second kappa shape index (κ2) is 3.83. The smallest absolute Gasteiger partial charge is 0.299 e. The first-order valence-electron chi connectivity index (χ1n) is 5.16. The van der Waals surface area contributed by atoms with Gasteiger partial charge in [0.2, 0.25) is 0 Å². The van der Waals surface area contributed by atoms with Crippen LogP contribution < -0.4 is 0 Å². The van der Waals surface area contributed by atoms with Crippen molar-refractivity contribution >= 4 is 21.7 Å². The second-order valence-corrected chi connectivity index (χ2v) is 5.19. The topological polar surface area (TPSA) is 17.1 Å². The number of hydrogen-bond donors (Lipinski definition) is 0. The molecule has 0 aliphatic heterocycles. The largest absolute Gasteiger partial charge is 0.416 e. The highest BCUT2D eigenvalue weighted by atomic mass is 79.9. The molecule has 0 bridgehead atoms. The number of Topliss-reactive ketones (excluding diaryl/α,β-unsaturated/α-hetero) is 1. The van der Waals surface area contributed by atoms with E-state index in [2.05, 4.69) is 15.9 Å². The Morgan fingerprint density at radius 3 is 2.35 bits per heavy atom. The van der Waals surface area contributed by atoms with Gasteiger partial charge in [-0.1, -0.05) is 15.9 Å². The summed E-state index contributed by atoms with van der Waals surface area (Å²) in [5.41, 5.74) is -0.942. The highest BCUT2D eigenvalue weighted by Gasteiger charge is 2.50. The maximum atomic E-state index is 12.6. The number of ketones is 1. The van der Waals surface area contributed by atoms with E-state index in [1.54, 1.807) is 0 Å². The maximum absolute atomic E-state index is 12.6. The lowest BCUT2D eigenvalue weighted by Gasteiger charge is -2.16. The normalized spacial score (nSPS) is 17.9. The van der Waals surface area contributed by atoms with E-state index in [9.17, 15) is 18.0 Å². The van der Waals surface area contributed by atoms with Crippen molar-refractivity contribution in [3.63, 3.8) is 0 Å². The van der Waals surface area contributed by atoms with Crippen molar-refractivity contribution in [2.24, 2.45) is 0 Å². The molecule has 92 valence electrons. The van der Waals surface area contributed by atoms with Crippen molar-refractivity contribution in [2.45, 2.75) is 31.4 Å². The van der Waals surface area contributed by atoms with E-state index in [0.29, 0.717) is 22.9 Å². The molecule has 5 heteroatoms. The van der Waals surface area contributed by atoms with Gasteiger partial charge in [-0.15, -0.1) is 0 Å². The molecule has 0 unspecified atom stereocenters. The van der Waals surface area contributed by atoms with E-state index >= 15 is 0 Å². The van der Waals surface area contributed by atoms with Crippen LogP contribution in [0.15, 0.2) is 22.7 Å². The third-order valence-electron chi connectivity index (χ3n) is 3.23. The molecule has 1 aromatic carbocycles. The number of halogens is 4. The van der Waals surface area contributed by atoms with Gasteiger partial charge >= 0.3 is 6.18 Å². The van der Waals surface area contributed by atoms with Crippen LogP contribution >= 0.6 is 15.9 Å². The predicted octanol–water partition coefficient (Wildman–Crippen LogP) is 4.09. The first kappa shape index (κ1) is 12.6. The molecule has 0 aromatic heterocycles. The lowest BCUT2D eigenvalue weighted by atomic mass is 9.91. The van der Waals surface area contributed by atoms with E-state index in [1.807, 2.05) is 0 Å². The molecule has 0 radical (unpaired) electrons. The predicted molar refractivity (Wildman–Crippen MR) is 60.7 cm³/mol. The van der Waals surface area contributed by atoms with Crippen LogP contribution in [0.4, 0.5) is 13.2 Å². The molecule has 0 atom stereocenters. The summed E-state index contributed by atoms with van der Waals surface area (Å²) in [4.78, 5) is 11.5. The Labute approximate surface area is 105 Å². The molecule has 17 heavy (non-hydrogen) atoms. The lowest BCUT2D eigenvalue weighted by Crippen LogP contribution is -2.18.